The summed E-state index contributed by atoms with van der Waals surface area (Å²) in [6, 6.07) is 16.3. The number of nitrogens with one attached hydrogen (secondary N) is 1. The van der Waals surface area contributed by atoms with Crippen LogP contribution in [0.3, 0.4) is 0 Å². The minimum atomic E-state index is 0.305. The molecule has 1 aliphatic rings. The van der Waals surface area contributed by atoms with Crippen molar-refractivity contribution in [3.8, 4) is 0 Å². The number of hydrogen-bond donors (Lipinski definition) is 1. The fraction of sp³-hybridized carbons (Fsp3) is 0.368. The van der Waals surface area contributed by atoms with Crippen LogP contribution in [0.2, 0.25) is 0 Å². The first kappa shape index (κ1) is 15.0. The lowest BCUT2D eigenvalue weighted by atomic mass is 9.88. The Morgan fingerprint density at radius 1 is 0.952 bits per heavy atom. The van der Waals surface area contributed by atoms with Crippen molar-refractivity contribution in [2.75, 3.05) is 6.54 Å². The van der Waals surface area contributed by atoms with Crippen LogP contribution in [0.25, 0.3) is 0 Å². The lowest BCUT2D eigenvalue weighted by Gasteiger charge is -2.22. The molecular weight excluding hydrogens is 369 g/mol. The Bertz CT molecular complexity index is 603. The number of rotatable bonds is 4. The molecule has 21 heavy (non-hydrogen) atoms. The molecule has 0 aliphatic heterocycles. The average Bonchev–Trinajstić information content (AvgIpc) is 2.53. The summed E-state index contributed by atoms with van der Waals surface area (Å²) in [6.45, 7) is 3.16. The molecule has 1 aliphatic carbocycles. The van der Waals surface area contributed by atoms with Gasteiger partial charge in [0.2, 0.25) is 0 Å². The van der Waals surface area contributed by atoms with Crippen LogP contribution in [0, 0.1) is 3.57 Å². The highest BCUT2D eigenvalue weighted by Gasteiger charge is 2.16. The maximum atomic E-state index is 3.64. The molecule has 0 fully saturated rings. The van der Waals surface area contributed by atoms with Crippen LogP contribution in [0.1, 0.15) is 48.1 Å². The normalized spacial score (nSPS) is 15.5. The van der Waals surface area contributed by atoms with E-state index in [9.17, 15) is 0 Å². The van der Waals surface area contributed by atoms with Gasteiger partial charge in [0.05, 0.1) is 6.04 Å². The van der Waals surface area contributed by atoms with Gasteiger partial charge in [-0.25, -0.2) is 0 Å². The molecule has 110 valence electrons. The molecule has 0 saturated heterocycles. The summed E-state index contributed by atoms with van der Waals surface area (Å²) in [5, 5.41) is 3.64. The smallest absolute Gasteiger partial charge is 0.0576 e. The van der Waals surface area contributed by atoms with Gasteiger partial charge in [-0.15, -0.1) is 0 Å². The van der Waals surface area contributed by atoms with E-state index in [2.05, 4.69) is 77.3 Å². The van der Waals surface area contributed by atoms with Gasteiger partial charge in [0, 0.05) is 3.57 Å². The Kier molecular flexibility index (Phi) is 4.96. The van der Waals surface area contributed by atoms with Crippen LogP contribution in [0.5, 0.6) is 0 Å². The van der Waals surface area contributed by atoms with Crippen molar-refractivity contribution in [1.82, 2.24) is 5.32 Å². The largest absolute Gasteiger partial charge is 0.307 e. The number of aryl methyl sites for hydroxylation is 2. The Morgan fingerprint density at radius 3 is 2.33 bits per heavy atom. The van der Waals surface area contributed by atoms with Gasteiger partial charge in [-0.3, -0.25) is 0 Å². The van der Waals surface area contributed by atoms with Gasteiger partial charge in [0.15, 0.2) is 0 Å². The molecule has 1 unspecified atom stereocenters. The Morgan fingerprint density at radius 2 is 1.62 bits per heavy atom. The Labute approximate surface area is 141 Å². The highest BCUT2D eigenvalue weighted by atomic mass is 127. The topological polar surface area (TPSA) is 12.0 Å². The monoisotopic (exact) mass is 391 g/mol. The highest BCUT2D eigenvalue weighted by molar-refractivity contribution is 14.1. The van der Waals surface area contributed by atoms with Crippen molar-refractivity contribution >= 4 is 22.6 Å². The van der Waals surface area contributed by atoms with E-state index in [1.165, 1.54) is 40.4 Å². The van der Waals surface area contributed by atoms with Gasteiger partial charge >= 0.3 is 0 Å². The number of hydrogen-bond acceptors (Lipinski definition) is 1. The SMILES string of the molecule is CCNC(c1ccc(I)cc1)c1ccc2c(c1)CCCC2. The van der Waals surface area contributed by atoms with Crippen molar-refractivity contribution in [3.63, 3.8) is 0 Å². The van der Waals surface area contributed by atoms with Crippen LogP contribution in [-0.4, -0.2) is 6.54 Å². The van der Waals surface area contributed by atoms with Crippen LogP contribution >= 0.6 is 22.6 Å². The van der Waals surface area contributed by atoms with Crippen molar-refractivity contribution in [3.05, 3.63) is 68.3 Å². The summed E-state index contributed by atoms with van der Waals surface area (Å²) in [5.41, 5.74) is 5.88. The standard InChI is InChI=1S/C19H22IN/c1-2-21-19(15-9-11-18(20)12-10-15)17-8-7-14-5-3-4-6-16(14)13-17/h7-13,19,21H,2-6H2,1H3. The predicted molar refractivity (Wildman–Crippen MR) is 97.8 cm³/mol. The molecule has 0 bridgehead atoms. The number of benzene rings is 2. The zero-order chi connectivity index (χ0) is 14.7. The molecular formula is C19H22IN. The fourth-order valence-corrected chi connectivity index (χ4v) is 3.58. The van der Waals surface area contributed by atoms with E-state index in [0.29, 0.717) is 6.04 Å². The summed E-state index contributed by atoms with van der Waals surface area (Å²) in [6.07, 6.45) is 5.19. The van der Waals surface area contributed by atoms with Crippen LogP contribution in [0.15, 0.2) is 42.5 Å². The molecule has 2 aromatic carbocycles. The molecule has 0 heterocycles. The quantitative estimate of drug-likeness (QED) is 0.734. The maximum absolute atomic E-state index is 3.64. The second kappa shape index (κ2) is 6.93. The van der Waals surface area contributed by atoms with Gasteiger partial charge in [-0.2, -0.15) is 0 Å². The van der Waals surface area contributed by atoms with Crippen LogP contribution in [0.4, 0.5) is 0 Å². The average molecular weight is 391 g/mol. The molecule has 2 aromatic rings. The molecule has 0 spiro atoms. The van der Waals surface area contributed by atoms with Gasteiger partial charge in [-0.05, 0) is 89.2 Å². The molecule has 1 N–H and O–H groups in total. The third-order valence-corrected chi connectivity index (χ3v) is 5.04. The van der Waals surface area contributed by atoms with Crippen LogP contribution < -0.4 is 5.32 Å². The summed E-state index contributed by atoms with van der Waals surface area (Å²) in [7, 11) is 0. The van der Waals surface area contributed by atoms with E-state index >= 15 is 0 Å². The van der Waals surface area contributed by atoms with Gasteiger partial charge in [0.25, 0.3) is 0 Å². The third kappa shape index (κ3) is 3.49. The summed E-state index contributed by atoms with van der Waals surface area (Å²) >= 11 is 2.36. The number of halogens is 1. The van der Waals surface area contributed by atoms with E-state index in [1.54, 1.807) is 11.1 Å². The predicted octanol–water partition coefficient (Wildman–Crippen LogP) is 4.87. The first-order chi connectivity index (χ1) is 10.3. The molecule has 0 aromatic heterocycles. The fourth-order valence-electron chi connectivity index (χ4n) is 3.22. The van der Waals surface area contributed by atoms with E-state index < -0.39 is 0 Å². The van der Waals surface area contributed by atoms with E-state index in [1.807, 2.05) is 0 Å². The minimum Gasteiger partial charge on any atom is -0.307 e. The van der Waals surface area contributed by atoms with Crippen molar-refractivity contribution < 1.29 is 0 Å². The summed E-state index contributed by atoms with van der Waals surface area (Å²) < 4.78 is 1.29. The number of fused-ring (bicyclic) bond motifs is 1. The zero-order valence-electron chi connectivity index (χ0n) is 12.5. The first-order valence-electron chi connectivity index (χ1n) is 7.88. The van der Waals surface area contributed by atoms with Crippen molar-refractivity contribution in [1.29, 1.82) is 0 Å². The van der Waals surface area contributed by atoms with Gasteiger partial charge in [-0.1, -0.05) is 37.3 Å². The molecule has 1 atom stereocenters. The summed E-state index contributed by atoms with van der Waals surface area (Å²) in [5.74, 6) is 0. The van der Waals surface area contributed by atoms with Crippen LogP contribution in [-0.2, 0) is 12.8 Å². The van der Waals surface area contributed by atoms with E-state index in [-0.39, 0.29) is 0 Å². The molecule has 0 radical (unpaired) electrons. The lowest BCUT2D eigenvalue weighted by Crippen LogP contribution is -2.22. The maximum Gasteiger partial charge on any atom is 0.0576 e. The van der Waals surface area contributed by atoms with Gasteiger partial charge < -0.3 is 5.32 Å². The summed E-state index contributed by atoms with van der Waals surface area (Å²) in [4.78, 5) is 0. The van der Waals surface area contributed by atoms with Crippen molar-refractivity contribution in [2.45, 2.75) is 38.6 Å². The molecule has 0 saturated carbocycles. The first-order valence-corrected chi connectivity index (χ1v) is 8.96. The Hall–Kier alpha value is -0.870. The minimum absolute atomic E-state index is 0.305. The molecule has 2 heteroatoms. The zero-order valence-corrected chi connectivity index (χ0v) is 14.7. The van der Waals surface area contributed by atoms with Crippen molar-refractivity contribution in [2.24, 2.45) is 0 Å². The highest BCUT2D eigenvalue weighted by Crippen LogP contribution is 2.28. The third-order valence-electron chi connectivity index (χ3n) is 4.32. The van der Waals surface area contributed by atoms with E-state index in [0.717, 1.165) is 6.54 Å². The second-order valence-corrected chi connectivity index (χ2v) is 7.02. The molecule has 3 rings (SSSR count). The Balaban J connectivity index is 1.95. The van der Waals surface area contributed by atoms with Gasteiger partial charge in [0.1, 0.15) is 0 Å². The molecule has 0 amide bonds. The van der Waals surface area contributed by atoms with E-state index in [4.69, 9.17) is 0 Å². The lowest BCUT2D eigenvalue weighted by molar-refractivity contribution is 0.625. The molecule has 1 nitrogen and oxygen atoms in total. The second-order valence-electron chi connectivity index (χ2n) is 5.78.